The quantitative estimate of drug-likeness (QED) is 0.855. The molecule has 0 radical (unpaired) electrons. The van der Waals surface area contributed by atoms with Crippen molar-refractivity contribution in [2.24, 2.45) is 11.3 Å². The van der Waals surface area contributed by atoms with Crippen LogP contribution in [0, 0.1) is 28.8 Å². The van der Waals surface area contributed by atoms with Gasteiger partial charge < -0.3 is 10.2 Å². The van der Waals surface area contributed by atoms with E-state index < -0.39 is 34.7 Å². The van der Waals surface area contributed by atoms with E-state index in [1.807, 2.05) is 0 Å². The monoisotopic (exact) mass is 340 g/mol. The number of likely N-dealkylation sites (tertiary alicyclic amines) is 1. The third kappa shape index (κ3) is 3.64. The lowest BCUT2D eigenvalue weighted by Crippen LogP contribution is -2.43. The van der Waals surface area contributed by atoms with Gasteiger partial charge in [0.25, 0.3) is 0 Å². The molecule has 2 heterocycles. The molecule has 0 aromatic heterocycles. The lowest BCUT2D eigenvalue weighted by atomic mass is 9.85. The van der Waals surface area contributed by atoms with Crippen molar-refractivity contribution in [3.8, 4) is 0 Å². The maximum absolute atomic E-state index is 13.8. The molecule has 1 N–H and O–H groups in total. The lowest BCUT2D eigenvalue weighted by Gasteiger charge is -2.36. The molecule has 0 aliphatic carbocycles. The number of hydrogen-bond acceptors (Lipinski definition) is 3. The van der Waals surface area contributed by atoms with E-state index in [2.05, 4.69) is 17.1 Å². The number of nitrogens with one attached hydrogen (secondary N) is 1. The van der Waals surface area contributed by atoms with E-state index in [1.165, 1.54) is 0 Å². The van der Waals surface area contributed by atoms with Crippen LogP contribution >= 0.6 is 0 Å². The van der Waals surface area contributed by atoms with Gasteiger partial charge in [0.05, 0.1) is 5.56 Å². The molecule has 0 amide bonds. The van der Waals surface area contributed by atoms with E-state index in [-0.39, 0.29) is 5.41 Å². The Balaban J connectivity index is 1.61. The summed E-state index contributed by atoms with van der Waals surface area (Å²) in [5.74, 6) is -4.16. The molecule has 1 unspecified atom stereocenters. The lowest BCUT2D eigenvalue weighted by molar-refractivity contribution is 0.0789. The minimum absolute atomic E-state index is 0.256. The number of rotatable bonds is 4. The largest absolute Gasteiger partial charge is 0.316 e. The molecule has 0 bridgehead atoms. The summed E-state index contributed by atoms with van der Waals surface area (Å²) in [5, 5.41) is 3.37. The van der Waals surface area contributed by atoms with Crippen LogP contribution in [0.4, 0.5) is 13.2 Å². The molecule has 132 valence electrons. The second-order valence-electron chi connectivity index (χ2n) is 7.40. The molecule has 2 fully saturated rings. The van der Waals surface area contributed by atoms with Crippen LogP contribution < -0.4 is 5.32 Å². The van der Waals surface area contributed by atoms with Crippen LogP contribution in [0.5, 0.6) is 0 Å². The SMILES string of the molecule is CC1(CN2CCC(C(=O)c3c(F)cc(F)cc3F)CC2)CCNC1. The number of ketones is 1. The standard InChI is InChI=1S/C18H23F3N2O/c1-18(4-5-22-10-18)11-23-6-2-12(3-7-23)17(24)16-14(20)8-13(19)9-15(16)21/h8-9,12,22H,2-7,10-11H2,1H3. The van der Waals surface area contributed by atoms with Crippen molar-refractivity contribution in [1.29, 1.82) is 0 Å². The van der Waals surface area contributed by atoms with E-state index in [0.29, 0.717) is 25.0 Å². The van der Waals surface area contributed by atoms with E-state index in [4.69, 9.17) is 0 Å². The number of Topliss-reactive ketones (excluding diaryl/α,β-unsaturated/α-hetero) is 1. The predicted molar refractivity (Wildman–Crippen MR) is 85.4 cm³/mol. The van der Waals surface area contributed by atoms with Crippen molar-refractivity contribution in [1.82, 2.24) is 10.2 Å². The zero-order valence-electron chi connectivity index (χ0n) is 13.9. The highest BCUT2D eigenvalue weighted by molar-refractivity contribution is 5.98. The first-order valence-electron chi connectivity index (χ1n) is 8.50. The van der Waals surface area contributed by atoms with E-state index in [1.54, 1.807) is 0 Å². The van der Waals surface area contributed by atoms with Crippen molar-refractivity contribution in [3.05, 3.63) is 35.1 Å². The van der Waals surface area contributed by atoms with Gasteiger partial charge in [0.1, 0.15) is 17.5 Å². The van der Waals surface area contributed by atoms with Crippen molar-refractivity contribution < 1.29 is 18.0 Å². The minimum atomic E-state index is -1.11. The molecular formula is C18H23F3N2O. The summed E-state index contributed by atoms with van der Waals surface area (Å²) < 4.78 is 40.6. The Morgan fingerprint density at radius 3 is 2.42 bits per heavy atom. The van der Waals surface area contributed by atoms with Gasteiger partial charge in [-0.1, -0.05) is 6.92 Å². The number of nitrogens with zero attached hydrogens (tertiary/aromatic N) is 1. The Hall–Kier alpha value is -1.40. The Bertz CT molecular complexity index is 598. The molecule has 2 aliphatic rings. The summed E-state index contributed by atoms with van der Waals surface area (Å²) in [5.41, 5.74) is -0.340. The average molecular weight is 340 g/mol. The number of benzene rings is 1. The zero-order valence-corrected chi connectivity index (χ0v) is 13.9. The third-order valence-electron chi connectivity index (χ3n) is 5.27. The molecule has 3 rings (SSSR count). The van der Waals surface area contributed by atoms with E-state index >= 15 is 0 Å². The number of halogens is 3. The molecule has 3 nitrogen and oxygen atoms in total. The van der Waals surface area contributed by atoms with Gasteiger partial charge in [0.15, 0.2) is 5.78 Å². The first-order chi connectivity index (χ1) is 11.4. The minimum Gasteiger partial charge on any atom is -0.316 e. The molecule has 2 aliphatic heterocycles. The third-order valence-corrected chi connectivity index (χ3v) is 5.27. The van der Waals surface area contributed by atoms with Gasteiger partial charge >= 0.3 is 0 Å². The maximum Gasteiger partial charge on any atom is 0.171 e. The number of hydrogen-bond donors (Lipinski definition) is 1. The highest BCUT2D eigenvalue weighted by Gasteiger charge is 2.34. The van der Waals surface area contributed by atoms with Crippen molar-refractivity contribution >= 4 is 5.78 Å². The average Bonchev–Trinajstić information content (AvgIpc) is 2.93. The van der Waals surface area contributed by atoms with Gasteiger partial charge in [0, 0.05) is 31.1 Å². The zero-order chi connectivity index (χ0) is 17.3. The van der Waals surface area contributed by atoms with Crippen LogP contribution in [0.15, 0.2) is 12.1 Å². The smallest absolute Gasteiger partial charge is 0.171 e. The molecule has 1 aromatic rings. The maximum atomic E-state index is 13.8. The Morgan fingerprint density at radius 2 is 1.88 bits per heavy atom. The molecule has 6 heteroatoms. The van der Waals surface area contributed by atoms with Crippen molar-refractivity contribution in [3.63, 3.8) is 0 Å². The highest BCUT2D eigenvalue weighted by atomic mass is 19.1. The topological polar surface area (TPSA) is 32.3 Å². The summed E-state index contributed by atoms with van der Waals surface area (Å²) >= 11 is 0. The molecule has 24 heavy (non-hydrogen) atoms. The van der Waals surface area contributed by atoms with Gasteiger partial charge in [-0.2, -0.15) is 0 Å². The van der Waals surface area contributed by atoms with Crippen LogP contribution in [-0.2, 0) is 0 Å². The van der Waals surface area contributed by atoms with Crippen molar-refractivity contribution in [2.75, 3.05) is 32.7 Å². The van der Waals surface area contributed by atoms with Crippen LogP contribution in [0.2, 0.25) is 0 Å². The van der Waals surface area contributed by atoms with E-state index in [9.17, 15) is 18.0 Å². The fourth-order valence-electron chi connectivity index (χ4n) is 3.88. The fraction of sp³-hybridized carbons (Fsp3) is 0.611. The molecular weight excluding hydrogens is 317 g/mol. The number of carbonyl (C=O) groups is 1. The Morgan fingerprint density at radius 1 is 1.25 bits per heavy atom. The van der Waals surface area contributed by atoms with Gasteiger partial charge in [-0.15, -0.1) is 0 Å². The first kappa shape index (κ1) is 17.4. The summed E-state index contributed by atoms with van der Waals surface area (Å²) in [6.45, 7) is 6.76. The van der Waals surface area contributed by atoms with Gasteiger partial charge in [0.2, 0.25) is 0 Å². The number of carbonyl (C=O) groups excluding carboxylic acids is 1. The summed E-state index contributed by atoms with van der Waals surface area (Å²) in [6.07, 6.45) is 2.30. The Kier molecular flexibility index (Phi) is 4.97. The van der Waals surface area contributed by atoms with Gasteiger partial charge in [-0.25, -0.2) is 13.2 Å². The van der Waals surface area contributed by atoms with Crippen LogP contribution in [0.1, 0.15) is 36.5 Å². The van der Waals surface area contributed by atoms with Crippen LogP contribution in [0.3, 0.4) is 0 Å². The Labute approximate surface area is 140 Å². The predicted octanol–water partition coefficient (Wildman–Crippen LogP) is 3.00. The second kappa shape index (κ2) is 6.84. The molecule has 0 saturated carbocycles. The summed E-state index contributed by atoms with van der Waals surface area (Å²) in [7, 11) is 0. The number of piperidine rings is 1. The fourth-order valence-corrected chi connectivity index (χ4v) is 3.88. The highest BCUT2D eigenvalue weighted by Crippen LogP contribution is 2.30. The molecule has 2 saturated heterocycles. The van der Waals surface area contributed by atoms with Gasteiger partial charge in [-0.3, -0.25) is 4.79 Å². The van der Waals surface area contributed by atoms with E-state index in [0.717, 1.165) is 39.1 Å². The van der Waals surface area contributed by atoms with Gasteiger partial charge in [-0.05, 0) is 44.3 Å². The molecule has 1 aromatic carbocycles. The first-order valence-corrected chi connectivity index (χ1v) is 8.50. The summed E-state index contributed by atoms with van der Waals surface area (Å²) in [4.78, 5) is 14.8. The normalized spacial score (nSPS) is 26.0. The van der Waals surface area contributed by atoms with Crippen molar-refractivity contribution in [2.45, 2.75) is 26.2 Å². The van der Waals surface area contributed by atoms with Crippen LogP contribution in [0.25, 0.3) is 0 Å². The summed E-state index contributed by atoms with van der Waals surface area (Å²) in [6, 6.07) is 1.14. The molecule has 0 spiro atoms. The molecule has 1 atom stereocenters. The second-order valence-corrected chi connectivity index (χ2v) is 7.40. The van der Waals surface area contributed by atoms with Crippen LogP contribution in [-0.4, -0.2) is 43.4 Å².